The molecule has 0 aliphatic rings. The Balaban J connectivity index is 0.00000361. The Morgan fingerprint density at radius 1 is 1.30 bits per heavy atom. The third kappa shape index (κ3) is 4.64. The van der Waals surface area contributed by atoms with Gasteiger partial charge in [0.2, 0.25) is 6.17 Å². The predicted octanol–water partition coefficient (Wildman–Crippen LogP) is 3.03. The van der Waals surface area contributed by atoms with Gasteiger partial charge >= 0.3 is 12.1 Å². The van der Waals surface area contributed by atoms with Crippen LogP contribution in [0.15, 0.2) is 24.3 Å². The number of halogens is 5. The highest BCUT2D eigenvalue weighted by molar-refractivity contribution is 5.85. The van der Waals surface area contributed by atoms with Crippen LogP contribution in [0.2, 0.25) is 0 Å². The second kappa shape index (κ2) is 7.44. The van der Waals surface area contributed by atoms with Gasteiger partial charge in [0.05, 0.1) is 18.2 Å². The quantitative estimate of drug-likeness (QED) is 0.686. The molecule has 8 heteroatoms. The summed E-state index contributed by atoms with van der Waals surface area (Å²) in [5.41, 5.74) is 4.70. The molecule has 1 aromatic carbocycles. The summed E-state index contributed by atoms with van der Waals surface area (Å²) in [6, 6.07) is 2.29. The van der Waals surface area contributed by atoms with Crippen LogP contribution in [-0.4, -0.2) is 18.7 Å². The molecule has 0 fully saturated rings. The molecule has 0 aliphatic heterocycles. The summed E-state index contributed by atoms with van der Waals surface area (Å²) in [5.74, 6) is -1.13. The lowest BCUT2D eigenvalue weighted by molar-refractivity contribution is -0.150. The van der Waals surface area contributed by atoms with Gasteiger partial charge in [-0.1, -0.05) is 12.1 Å². The maximum absolute atomic E-state index is 13.6. The number of alkyl halides is 4. The minimum absolute atomic E-state index is 0. The molecule has 1 rings (SSSR count). The first-order valence-electron chi connectivity index (χ1n) is 5.50. The van der Waals surface area contributed by atoms with Gasteiger partial charge in [-0.3, -0.25) is 0 Å². The van der Waals surface area contributed by atoms with Crippen molar-refractivity contribution >= 4 is 18.4 Å². The third-order valence-electron chi connectivity index (χ3n) is 2.45. The molecule has 0 spiro atoms. The van der Waals surface area contributed by atoms with E-state index in [0.717, 1.165) is 24.3 Å². The molecule has 0 radical (unpaired) electrons. The monoisotopic (exact) mass is 315 g/mol. The zero-order valence-corrected chi connectivity index (χ0v) is 11.3. The molecule has 2 atom stereocenters. The fourth-order valence-electron chi connectivity index (χ4n) is 1.43. The Morgan fingerprint density at radius 3 is 2.20 bits per heavy atom. The summed E-state index contributed by atoms with van der Waals surface area (Å²) in [6.45, 7) is 1.51. The van der Waals surface area contributed by atoms with Crippen LogP contribution in [0.1, 0.15) is 24.1 Å². The number of carbonyl (C=O) groups is 1. The normalized spacial score (nSPS) is 14.1. The number of benzene rings is 1. The Labute approximate surface area is 119 Å². The number of carbonyl (C=O) groups excluding carboxylic acids is 1. The van der Waals surface area contributed by atoms with Crippen LogP contribution >= 0.6 is 12.4 Å². The van der Waals surface area contributed by atoms with E-state index in [-0.39, 0.29) is 24.6 Å². The first-order valence-corrected chi connectivity index (χ1v) is 5.50. The van der Waals surface area contributed by atoms with E-state index >= 15 is 0 Å². The smallest absolute Gasteiger partial charge is 0.416 e. The molecule has 0 saturated heterocycles. The second-order valence-corrected chi connectivity index (χ2v) is 3.80. The average Bonchev–Trinajstić information content (AvgIpc) is 2.36. The van der Waals surface area contributed by atoms with Crippen LogP contribution in [0, 0.1) is 0 Å². The molecule has 3 nitrogen and oxygen atoms in total. The van der Waals surface area contributed by atoms with Gasteiger partial charge in [-0.2, -0.15) is 13.2 Å². The number of rotatable bonds is 4. The van der Waals surface area contributed by atoms with Crippen molar-refractivity contribution in [2.24, 2.45) is 5.73 Å². The molecule has 0 heterocycles. The number of hydrogen-bond acceptors (Lipinski definition) is 3. The average molecular weight is 316 g/mol. The molecule has 0 saturated carbocycles. The summed E-state index contributed by atoms with van der Waals surface area (Å²) >= 11 is 0. The van der Waals surface area contributed by atoms with Crippen molar-refractivity contribution in [3.8, 4) is 0 Å². The number of hydrogen-bond donors (Lipinski definition) is 1. The lowest BCUT2D eigenvalue weighted by Crippen LogP contribution is -2.31. The molecular weight excluding hydrogens is 302 g/mol. The van der Waals surface area contributed by atoms with Crippen LogP contribution in [0.5, 0.6) is 0 Å². The van der Waals surface area contributed by atoms with Crippen LogP contribution < -0.4 is 5.73 Å². The largest absolute Gasteiger partial charge is 0.464 e. The summed E-state index contributed by atoms with van der Waals surface area (Å²) in [5, 5.41) is 0. The summed E-state index contributed by atoms with van der Waals surface area (Å²) in [4.78, 5) is 11.1. The minimum atomic E-state index is -4.47. The van der Waals surface area contributed by atoms with Crippen molar-refractivity contribution < 1.29 is 27.1 Å². The summed E-state index contributed by atoms with van der Waals surface area (Å²) in [7, 11) is 0. The van der Waals surface area contributed by atoms with Crippen molar-refractivity contribution in [1.29, 1.82) is 0 Å². The van der Waals surface area contributed by atoms with Crippen molar-refractivity contribution in [2.45, 2.75) is 25.3 Å². The first-order chi connectivity index (χ1) is 8.77. The standard InChI is InChI=1S/C12H13F4NO2.ClH/c1-2-19-11(18)9(13)10(17)7-3-5-8(6-4-7)12(14,15)16;/h3-6,9-10H,2,17H2,1H3;1H/t9?,10-;/m0./s1. The molecule has 1 aromatic rings. The SMILES string of the molecule is CCOC(=O)C(F)[C@@H](N)c1ccc(C(F)(F)F)cc1.Cl. The van der Waals surface area contributed by atoms with Gasteiger partial charge in [0, 0.05) is 0 Å². The molecule has 20 heavy (non-hydrogen) atoms. The predicted molar refractivity (Wildman–Crippen MR) is 67.1 cm³/mol. The molecule has 0 aromatic heterocycles. The Bertz CT molecular complexity index is 436. The molecular formula is C12H14ClF4NO2. The van der Waals surface area contributed by atoms with Crippen LogP contribution in [0.4, 0.5) is 17.6 Å². The highest BCUT2D eigenvalue weighted by Gasteiger charge is 2.31. The molecule has 2 N–H and O–H groups in total. The van der Waals surface area contributed by atoms with Gasteiger partial charge in [-0.25, -0.2) is 9.18 Å². The van der Waals surface area contributed by atoms with Crippen molar-refractivity contribution in [3.05, 3.63) is 35.4 Å². The Hall–Kier alpha value is -1.34. The molecule has 0 bridgehead atoms. The first kappa shape index (κ1) is 18.7. The van der Waals surface area contributed by atoms with Crippen molar-refractivity contribution in [2.75, 3.05) is 6.61 Å². The van der Waals surface area contributed by atoms with E-state index < -0.39 is 29.9 Å². The van der Waals surface area contributed by atoms with Gasteiger partial charge in [0.25, 0.3) is 0 Å². The van der Waals surface area contributed by atoms with E-state index in [0.29, 0.717) is 0 Å². The lowest BCUT2D eigenvalue weighted by atomic mass is 10.0. The van der Waals surface area contributed by atoms with Crippen molar-refractivity contribution in [3.63, 3.8) is 0 Å². The lowest BCUT2D eigenvalue weighted by Gasteiger charge is -2.16. The zero-order chi connectivity index (χ0) is 14.6. The Morgan fingerprint density at radius 2 is 1.80 bits per heavy atom. The van der Waals surface area contributed by atoms with Gasteiger partial charge < -0.3 is 10.5 Å². The number of nitrogens with two attached hydrogens (primary N) is 1. The van der Waals surface area contributed by atoms with E-state index in [9.17, 15) is 22.4 Å². The molecule has 1 unspecified atom stereocenters. The van der Waals surface area contributed by atoms with Gasteiger partial charge in [0.15, 0.2) is 0 Å². The second-order valence-electron chi connectivity index (χ2n) is 3.80. The van der Waals surface area contributed by atoms with E-state index in [1.54, 1.807) is 0 Å². The van der Waals surface area contributed by atoms with E-state index in [2.05, 4.69) is 4.74 Å². The minimum Gasteiger partial charge on any atom is -0.464 e. The Kier molecular flexibility index (Phi) is 6.95. The van der Waals surface area contributed by atoms with E-state index in [1.807, 2.05) is 0 Å². The van der Waals surface area contributed by atoms with Crippen molar-refractivity contribution in [1.82, 2.24) is 0 Å². The van der Waals surface area contributed by atoms with Crippen LogP contribution in [-0.2, 0) is 15.7 Å². The summed E-state index contributed by atoms with van der Waals surface area (Å²) < 4.78 is 55.0. The topological polar surface area (TPSA) is 52.3 Å². The number of ether oxygens (including phenoxy) is 1. The molecule has 0 amide bonds. The summed E-state index contributed by atoms with van der Waals surface area (Å²) in [6.07, 6.45) is -6.59. The highest BCUT2D eigenvalue weighted by atomic mass is 35.5. The van der Waals surface area contributed by atoms with E-state index in [4.69, 9.17) is 5.73 Å². The third-order valence-corrected chi connectivity index (χ3v) is 2.45. The van der Waals surface area contributed by atoms with Gasteiger partial charge in [-0.05, 0) is 24.6 Å². The number of esters is 1. The highest BCUT2D eigenvalue weighted by Crippen LogP contribution is 2.30. The molecule has 0 aliphatic carbocycles. The van der Waals surface area contributed by atoms with Crippen LogP contribution in [0.25, 0.3) is 0 Å². The zero-order valence-electron chi connectivity index (χ0n) is 10.5. The maximum Gasteiger partial charge on any atom is 0.416 e. The van der Waals surface area contributed by atoms with Gasteiger partial charge in [-0.15, -0.1) is 12.4 Å². The van der Waals surface area contributed by atoms with Gasteiger partial charge in [0.1, 0.15) is 0 Å². The van der Waals surface area contributed by atoms with Crippen LogP contribution in [0.3, 0.4) is 0 Å². The fourth-order valence-corrected chi connectivity index (χ4v) is 1.43. The van der Waals surface area contributed by atoms with E-state index in [1.165, 1.54) is 6.92 Å². The maximum atomic E-state index is 13.6. The molecule has 114 valence electrons. The fraction of sp³-hybridized carbons (Fsp3) is 0.417.